The van der Waals surface area contributed by atoms with Gasteiger partial charge < -0.3 is 18.9 Å². The summed E-state index contributed by atoms with van der Waals surface area (Å²) in [6.07, 6.45) is -2.15. The zero-order valence-electron chi connectivity index (χ0n) is 22.5. The topological polar surface area (TPSA) is 170 Å². The van der Waals surface area contributed by atoms with Gasteiger partial charge in [-0.1, -0.05) is 0 Å². The normalized spacial score (nSPS) is 17.4. The van der Waals surface area contributed by atoms with Gasteiger partial charge in [0, 0.05) is 0 Å². The Balaban J connectivity index is 2.72. The van der Waals surface area contributed by atoms with Crippen LogP contribution in [-0.4, -0.2) is 71.4 Å². The van der Waals surface area contributed by atoms with E-state index in [9.17, 15) is 28.8 Å². The first kappa shape index (κ1) is 29.1. The van der Waals surface area contributed by atoms with Crippen LogP contribution in [0.15, 0.2) is 22.5 Å². The van der Waals surface area contributed by atoms with Gasteiger partial charge in [0.05, 0.1) is 36.8 Å². The van der Waals surface area contributed by atoms with Crippen LogP contribution in [0, 0.1) is 5.41 Å². The Morgan fingerprint density at radius 1 is 0.676 bits per heavy atom. The molecule has 0 aromatic heterocycles. The summed E-state index contributed by atoms with van der Waals surface area (Å²) in [5, 5.41) is 1.23. The van der Waals surface area contributed by atoms with Crippen molar-refractivity contribution in [3.8, 4) is 0 Å². The molecule has 2 aliphatic rings. The number of ether oxygens (including phenoxy) is 4. The number of hydrogen-bond donors (Lipinski definition) is 2. The molecule has 204 valence electrons. The van der Waals surface area contributed by atoms with E-state index in [-0.39, 0.29) is 11.4 Å². The van der Waals surface area contributed by atoms with Crippen molar-refractivity contribution in [2.75, 3.05) is 14.2 Å². The third-order valence-corrected chi connectivity index (χ3v) is 5.18. The van der Waals surface area contributed by atoms with Crippen molar-refractivity contribution in [3.63, 3.8) is 0 Å². The van der Waals surface area contributed by atoms with Crippen LogP contribution in [-0.2, 0) is 38.1 Å². The van der Waals surface area contributed by atoms with Crippen LogP contribution >= 0.6 is 0 Å². The van der Waals surface area contributed by atoms with E-state index in [1.165, 1.54) is 13.8 Å². The molecule has 14 nitrogen and oxygen atoms in total. The molecule has 0 saturated heterocycles. The minimum atomic E-state index is -2.65. The molecule has 2 aliphatic heterocycles. The lowest BCUT2D eigenvalue weighted by atomic mass is 9.74. The Bertz CT molecular complexity index is 1040. The molecule has 14 heteroatoms. The number of carbonyl (C=O) groups is 6. The van der Waals surface area contributed by atoms with Gasteiger partial charge in [-0.2, -0.15) is 0 Å². The van der Waals surface area contributed by atoms with Crippen molar-refractivity contribution in [2.24, 2.45) is 5.41 Å². The molecule has 0 saturated carbocycles. The Morgan fingerprint density at radius 3 is 1.22 bits per heavy atom. The number of nitrogens with one attached hydrogen (secondary N) is 2. The van der Waals surface area contributed by atoms with Crippen molar-refractivity contribution in [1.29, 1.82) is 0 Å². The average Bonchev–Trinajstić information content (AvgIpc) is 3.08. The van der Waals surface area contributed by atoms with Gasteiger partial charge in [0.1, 0.15) is 11.2 Å². The molecule has 0 radical (unpaired) electrons. The first-order valence-electron chi connectivity index (χ1n) is 11.1. The highest BCUT2D eigenvalue weighted by molar-refractivity contribution is 6.27. The maximum Gasteiger partial charge on any atom is 0.427 e. The molecule has 2 N–H and O–H groups in total. The summed E-state index contributed by atoms with van der Waals surface area (Å²) in [6.45, 7) is 12.1. The maximum atomic E-state index is 13.9. The van der Waals surface area contributed by atoms with Crippen molar-refractivity contribution >= 4 is 35.9 Å². The lowest BCUT2D eigenvalue weighted by Crippen LogP contribution is -2.55. The first-order chi connectivity index (χ1) is 16.8. The average molecular weight is 525 g/mol. The molecule has 4 amide bonds. The quantitative estimate of drug-likeness (QED) is 0.311. The largest absolute Gasteiger partial charge is 0.466 e. The predicted molar refractivity (Wildman–Crippen MR) is 124 cm³/mol. The summed E-state index contributed by atoms with van der Waals surface area (Å²) < 4.78 is 20.0. The van der Waals surface area contributed by atoms with Gasteiger partial charge in [0.2, 0.25) is 0 Å². The van der Waals surface area contributed by atoms with Crippen molar-refractivity contribution in [1.82, 2.24) is 20.9 Å². The summed E-state index contributed by atoms with van der Waals surface area (Å²) >= 11 is 0. The molecular formula is C23H32N4O10. The molecule has 0 fully saturated rings. The van der Waals surface area contributed by atoms with Crippen LogP contribution < -0.4 is 10.9 Å². The fraction of sp³-hybridized carbons (Fsp3) is 0.565. The Labute approximate surface area is 213 Å². The van der Waals surface area contributed by atoms with Gasteiger partial charge in [0.25, 0.3) is 11.8 Å². The molecule has 0 aromatic rings. The fourth-order valence-electron chi connectivity index (χ4n) is 3.91. The molecule has 0 aromatic carbocycles. The number of esters is 2. The van der Waals surface area contributed by atoms with E-state index in [1.54, 1.807) is 41.5 Å². The van der Waals surface area contributed by atoms with E-state index in [1.807, 2.05) is 0 Å². The van der Waals surface area contributed by atoms with Gasteiger partial charge in [-0.25, -0.2) is 40.0 Å². The van der Waals surface area contributed by atoms with Gasteiger partial charge in [-0.05, 0) is 55.4 Å². The van der Waals surface area contributed by atoms with Crippen molar-refractivity contribution < 1.29 is 47.7 Å². The van der Waals surface area contributed by atoms with Crippen LogP contribution in [0.1, 0.15) is 55.4 Å². The van der Waals surface area contributed by atoms with Crippen LogP contribution in [0.3, 0.4) is 0 Å². The highest BCUT2D eigenvalue weighted by Gasteiger charge is 2.70. The number of amides is 4. The highest BCUT2D eigenvalue weighted by atomic mass is 16.6. The number of hydrogen-bond acceptors (Lipinski definition) is 10. The number of rotatable bonds is 4. The zero-order chi connectivity index (χ0) is 28.7. The van der Waals surface area contributed by atoms with Crippen LogP contribution in [0.5, 0.6) is 0 Å². The van der Waals surface area contributed by atoms with E-state index >= 15 is 0 Å². The predicted octanol–water partition coefficient (Wildman–Crippen LogP) is 1.43. The van der Waals surface area contributed by atoms with Gasteiger partial charge in [-0.3, -0.25) is 9.59 Å². The van der Waals surface area contributed by atoms with Crippen molar-refractivity contribution in [3.05, 3.63) is 22.5 Å². The van der Waals surface area contributed by atoms with Gasteiger partial charge in [-0.15, -0.1) is 0 Å². The summed E-state index contributed by atoms with van der Waals surface area (Å²) in [7, 11) is 2.02. The SMILES string of the molecule is COC(=O)C1=C(C)N(NC(=O)OC(C)(C)C)C(=O)C12C(=O)N(NC(=O)OC(C)(C)C)C(C)=C2C(=O)OC. The molecular weight excluding hydrogens is 492 g/mol. The molecule has 0 atom stereocenters. The van der Waals surface area contributed by atoms with Gasteiger partial charge >= 0.3 is 24.1 Å². The second kappa shape index (κ2) is 9.75. The molecule has 0 aliphatic carbocycles. The number of nitrogens with zero attached hydrogens (tertiary/aromatic N) is 2. The Kier molecular flexibility index (Phi) is 7.67. The third kappa shape index (κ3) is 5.22. The minimum Gasteiger partial charge on any atom is -0.466 e. The molecule has 0 unspecified atom stereocenters. The summed E-state index contributed by atoms with van der Waals surface area (Å²) in [6, 6.07) is 0. The third-order valence-electron chi connectivity index (χ3n) is 5.18. The monoisotopic (exact) mass is 524 g/mol. The van der Waals surface area contributed by atoms with Crippen LogP contribution in [0.2, 0.25) is 0 Å². The molecule has 1 spiro atoms. The van der Waals surface area contributed by atoms with E-state index in [0.29, 0.717) is 10.0 Å². The highest BCUT2D eigenvalue weighted by Crippen LogP contribution is 2.52. The van der Waals surface area contributed by atoms with Crippen LogP contribution in [0.25, 0.3) is 0 Å². The smallest absolute Gasteiger partial charge is 0.427 e. The summed E-state index contributed by atoms with van der Waals surface area (Å²) in [4.78, 5) is 78.6. The summed E-state index contributed by atoms with van der Waals surface area (Å²) in [5.41, 5.74) is -1.72. The number of carbonyl (C=O) groups excluding carboxylic acids is 6. The minimum absolute atomic E-state index is 0.218. The lowest BCUT2D eigenvalue weighted by molar-refractivity contribution is -0.153. The number of hydrazine groups is 2. The molecule has 0 bridgehead atoms. The Morgan fingerprint density at radius 2 is 0.973 bits per heavy atom. The van der Waals surface area contributed by atoms with E-state index in [2.05, 4.69) is 10.9 Å². The second-order valence-corrected chi connectivity index (χ2v) is 10.2. The second-order valence-electron chi connectivity index (χ2n) is 10.2. The number of allylic oxidation sites excluding steroid dienone is 2. The maximum absolute atomic E-state index is 13.9. The Hall–Kier alpha value is -4.10. The van der Waals surface area contributed by atoms with E-state index in [0.717, 1.165) is 14.2 Å². The standard InChI is InChI=1S/C23H32N4O10/c1-11-13(15(28)34-9)23(17(30)26(11)24-19(32)36-21(3,4)5)14(16(29)35-10)12(2)27(18(23)31)25-20(33)37-22(6,7)8/h1-10H3,(H,24,32)(H,25,33). The van der Waals surface area contributed by atoms with Crippen LogP contribution in [0.4, 0.5) is 9.59 Å². The first-order valence-corrected chi connectivity index (χ1v) is 11.1. The fourth-order valence-corrected chi connectivity index (χ4v) is 3.91. The lowest BCUT2D eigenvalue weighted by Gasteiger charge is -2.28. The molecule has 2 rings (SSSR count). The van der Waals surface area contributed by atoms with E-state index in [4.69, 9.17) is 18.9 Å². The molecule has 37 heavy (non-hydrogen) atoms. The zero-order valence-corrected chi connectivity index (χ0v) is 22.5. The van der Waals surface area contributed by atoms with Crippen molar-refractivity contribution in [2.45, 2.75) is 66.6 Å². The molecule has 2 heterocycles. The number of methoxy groups -OCH3 is 2. The van der Waals surface area contributed by atoms with E-state index < -0.39 is 63.7 Å². The van der Waals surface area contributed by atoms with Gasteiger partial charge in [0.15, 0.2) is 5.41 Å². The summed E-state index contributed by atoms with van der Waals surface area (Å²) in [5.74, 6) is -4.67.